The van der Waals surface area contributed by atoms with E-state index < -0.39 is 0 Å². The third kappa shape index (κ3) is 1.84. The molecule has 0 radical (unpaired) electrons. The van der Waals surface area contributed by atoms with Crippen LogP contribution in [-0.4, -0.2) is 9.55 Å². The van der Waals surface area contributed by atoms with Crippen molar-refractivity contribution in [2.45, 2.75) is 54.0 Å². The van der Waals surface area contributed by atoms with Crippen LogP contribution in [0.4, 0.5) is 0 Å². The molecule has 2 atom stereocenters. The lowest BCUT2D eigenvalue weighted by Crippen LogP contribution is -2.16. The molecule has 0 aromatic carbocycles. The van der Waals surface area contributed by atoms with Gasteiger partial charge in [0.1, 0.15) is 5.82 Å². The summed E-state index contributed by atoms with van der Waals surface area (Å²) in [6, 6.07) is 0.557. The lowest BCUT2D eigenvalue weighted by molar-refractivity contribution is 0.360. The van der Waals surface area contributed by atoms with E-state index in [9.17, 15) is 0 Å². The van der Waals surface area contributed by atoms with Crippen molar-refractivity contribution in [2.24, 2.45) is 5.92 Å². The Morgan fingerprint density at radius 1 is 1.21 bits per heavy atom. The minimum Gasteiger partial charge on any atom is -0.329 e. The fourth-order valence-electron chi connectivity index (χ4n) is 1.99. The van der Waals surface area contributed by atoms with Gasteiger partial charge in [0, 0.05) is 11.7 Å². The molecule has 80 valence electrons. The number of imidazole rings is 1. The van der Waals surface area contributed by atoms with Crippen molar-refractivity contribution in [3.05, 3.63) is 17.2 Å². The van der Waals surface area contributed by atoms with Crippen molar-refractivity contribution in [3.63, 3.8) is 0 Å². The monoisotopic (exact) mass is 194 g/mol. The number of hydrogen-bond donors (Lipinski definition) is 0. The first-order valence-corrected chi connectivity index (χ1v) is 5.51. The molecule has 2 heteroatoms. The summed E-state index contributed by atoms with van der Waals surface area (Å²) in [5, 5.41) is 0. The van der Waals surface area contributed by atoms with E-state index in [0.717, 1.165) is 11.5 Å². The molecule has 0 aliphatic heterocycles. The van der Waals surface area contributed by atoms with Crippen molar-refractivity contribution < 1.29 is 0 Å². The van der Waals surface area contributed by atoms with Crippen LogP contribution in [0.25, 0.3) is 0 Å². The Morgan fingerprint density at radius 2 is 1.79 bits per heavy atom. The lowest BCUT2D eigenvalue weighted by atomic mass is 10.0. The molecule has 0 saturated carbocycles. The van der Waals surface area contributed by atoms with E-state index >= 15 is 0 Å². The Labute approximate surface area is 87.4 Å². The second-order valence-electron chi connectivity index (χ2n) is 4.33. The Morgan fingerprint density at radius 3 is 2.14 bits per heavy atom. The van der Waals surface area contributed by atoms with Crippen LogP contribution in [0.3, 0.4) is 0 Å². The molecule has 0 saturated heterocycles. The maximum atomic E-state index is 4.51. The van der Waals surface area contributed by atoms with E-state index in [0.29, 0.717) is 12.0 Å². The van der Waals surface area contributed by atoms with Gasteiger partial charge in [-0.3, -0.25) is 0 Å². The molecule has 1 rings (SSSR count). The minimum absolute atomic E-state index is 0.557. The highest BCUT2D eigenvalue weighted by atomic mass is 15.1. The highest BCUT2D eigenvalue weighted by Crippen LogP contribution is 2.24. The first kappa shape index (κ1) is 11.3. The molecule has 0 aliphatic carbocycles. The topological polar surface area (TPSA) is 17.8 Å². The van der Waals surface area contributed by atoms with Crippen LogP contribution >= 0.6 is 0 Å². The van der Waals surface area contributed by atoms with Gasteiger partial charge in [0.05, 0.1) is 5.69 Å². The smallest absolute Gasteiger partial charge is 0.106 e. The SMILES string of the molecule is CCC(C)C(C)n1c(C)nc(C)c1C. The molecule has 0 amide bonds. The van der Waals surface area contributed by atoms with Crippen molar-refractivity contribution in [2.75, 3.05) is 0 Å². The summed E-state index contributed by atoms with van der Waals surface area (Å²) in [5.41, 5.74) is 2.48. The second-order valence-corrected chi connectivity index (χ2v) is 4.33. The Balaban J connectivity index is 3.05. The van der Waals surface area contributed by atoms with Crippen LogP contribution in [0.15, 0.2) is 0 Å². The van der Waals surface area contributed by atoms with Gasteiger partial charge in [-0.2, -0.15) is 0 Å². The Hall–Kier alpha value is -0.790. The summed E-state index contributed by atoms with van der Waals surface area (Å²) >= 11 is 0. The van der Waals surface area contributed by atoms with Gasteiger partial charge in [0.15, 0.2) is 0 Å². The van der Waals surface area contributed by atoms with E-state index in [1.165, 1.54) is 12.1 Å². The van der Waals surface area contributed by atoms with Crippen LogP contribution < -0.4 is 0 Å². The molecular weight excluding hydrogens is 172 g/mol. The number of aromatic nitrogens is 2. The van der Waals surface area contributed by atoms with Gasteiger partial charge >= 0.3 is 0 Å². The maximum Gasteiger partial charge on any atom is 0.106 e. The number of rotatable bonds is 3. The third-order valence-electron chi connectivity index (χ3n) is 3.44. The molecule has 2 nitrogen and oxygen atoms in total. The second kappa shape index (κ2) is 4.16. The molecule has 0 N–H and O–H groups in total. The largest absolute Gasteiger partial charge is 0.329 e. The van der Waals surface area contributed by atoms with Gasteiger partial charge in [-0.1, -0.05) is 20.3 Å². The molecule has 2 unspecified atom stereocenters. The molecule has 0 aliphatic rings. The van der Waals surface area contributed by atoms with Gasteiger partial charge < -0.3 is 4.57 Å². The number of nitrogens with zero attached hydrogens (tertiary/aromatic N) is 2. The van der Waals surface area contributed by atoms with Gasteiger partial charge in [0.2, 0.25) is 0 Å². The number of aryl methyl sites for hydroxylation is 2. The van der Waals surface area contributed by atoms with Crippen LogP contribution in [0.1, 0.15) is 50.4 Å². The van der Waals surface area contributed by atoms with Gasteiger partial charge in [-0.25, -0.2) is 4.98 Å². The molecule has 0 fully saturated rings. The average molecular weight is 194 g/mol. The Bertz CT molecular complexity index is 312. The molecule has 1 aromatic rings. The quantitative estimate of drug-likeness (QED) is 0.721. The van der Waals surface area contributed by atoms with Crippen LogP contribution in [0.2, 0.25) is 0 Å². The summed E-state index contributed by atoms with van der Waals surface area (Å²) in [6.45, 7) is 13.2. The normalized spacial score (nSPS) is 15.6. The third-order valence-corrected chi connectivity index (χ3v) is 3.44. The zero-order chi connectivity index (χ0) is 10.9. The van der Waals surface area contributed by atoms with Crippen LogP contribution in [-0.2, 0) is 0 Å². The van der Waals surface area contributed by atoms with Crippen LogP contribution in [0.5, 0.6) is 0 Å². The fraction of sp³-hybridized carbons (Fsp3) is 0.750. The molecule has 0 bridgehead atoms. The van der Waals surface area contributed by atoms with E-state index in [4.69, 9.17) is 0 Å². The van der Waals surface area contributed by atoms with E-state index in [2.05, 4.69) is 51.1 Å². The van der Waals surface area contributed by atoms with E-state index in [1.54, 1.807) is 0 Å². The molecule has 1 aromatic heterocycles. The average Bonchev–Trinajstić information content (AvgIpc) is 2.39. The molecule has 14 heavy (non-hydrogen) atoms. The van der Waals surface area contributed by atoms with E-state index in [-0.39, 0.29) is 0 Å². The first-order chi connectivity index (χ1) is 6.49. The molecule has 1 heterocycles. The van der Waals surface area contributed by atoms with Crippen molar-refractivity contribution in [3.8, 4) is 0 Å². The van der Waals surface area contributed by atoms with Gasteiger partial charge in [-0.05, 0) is 33.6 Å². The zero-order valence-corrected chi connectivity index (χ0v) is 10.3. The minimum atomic E-state index is 0.557. The Kier molecular flexibility index (Phi) is 3.35. The maximum absolute atomic E-state index is 4.51. The van der Waals surface area contributed by atoms with Crippen molar-refractivity contribution >= 4 is 0 Å². The summed E-state index contributed by atoms with van der Waals surface area (Å²) in [5.74, 6) is 1.86. The zero-order valence-electron chi connectivity index (χ0n) is 10.3. The standard InChI is InChI=1S/C12H22N2/c1-7-8(2)10(4)14-11(5)9(3)13-12(14)6/h8,10H,7H2,1-6H3. The van der Waals surface area contributed by atoms with Crippen molar-refractivity contribution in [1.29, 1.82) is 0 Å². The molecular formula is C12H22N2. The predicted octanol–water partition coefficient (Wildman–Crippen LogP) is 3.42. The summed E-state index contributed by atoms with van der Waals surface area (Å²) in [7, 11) is 0. The van der Waals surface area contributed by atoms with Crippen LogP contribution in [0, 0.1) is 26.7 Å². The first-order valence-electron chi connectivity index (χ1n) is 5.51. The summed E-state index contributed by atoms with van der Waals surface area (Å²) < 4.78 is 2.36. The highest BCUT2D eigenvalue weighted by molar-refractivity contribution is 5.14. The van der Waals surface area contributed by atoms with Gasteiger partial charge in [0.25, 0.3) is 0 Å². The summed E-state index contributed by atoms with van der Waals surface area (Å²) in [6.07, 6.45) is 1.22. The van der Waals surface area contributed by atoms with Gasteiger partial charge in [-0.15, -0.1) is 0 Å². The summed E-state index contributed by atoms with van der Waals surface area (Å²) in [4.78, 5) is 4.51. The van der Waals surface area contributed by atoms with Crippen molar-refractivity contribution in [1.82, 2.24) is 9.55 Å². The molecule has 0 spiro atoms. The van der Waals surface area contributed by atoms with E-state index in [1.807, 2.05) is 0 Å². The lowest BCUT2D eigenvalue weighted by Gasteiger charge is -2.23. The fourth-order valence-corrected chi connectivity index (χ4v) is 1.99. The predicted molar refractivity (Wildman–Crippen MR) is 60.6 cm³/mol. The highest BCUT2D eigenvalue weighted by Gasteiger charge is 2.17. The number of hydrogen-bond acceptors (Lipinski definition) is 1.